The molecule has 4 heteroatoms. The van der Waals surface area contributed by atoms with Gasteiger partial charge in [0.1, 0.15) is 0 Å². The van der Waals surface area contributed by atoms with Gasteiger partial charge in [0.05, 0.1) is 32.7 Å². The van der Waals surface area contributed by atoms with Gasteiger partial charge >= 0.3 is 0 Å². The third-order valence-electron chi connectivity index (χ3n) is 2.97. The van der Waals surface area contributed by atoms with Gasteiger partial charge in [-0.25, -0.2) is 0 Å². The summed E-state index contributed by atoms with van der Waals surface area (Å²) in [5.41, 5.74) is 0. The molecule has 0 heterocycles. The maximum absolute atomic E-state index is 10.7. The largest absolute Gasteiger partial charge is 1.00 e. The first-order valence-corrected chi connectivity index (χ1v) is 5.19. The highest BCUT2D eigenvalue weighted by Crippen LogP contribution is 2.03. The van der Waals surface area contributed by atoms with E-state index in [0.29, 0.717) is 0 Å². The lowest BCUT2D eigenvalue weighted by atomic mass is 10.3. The first-order valence-electron chi connectivity index (χ1n) is 5.19. The first-order chi connectivity index (χ1) is 6.10. The maximum atomic E-state index is 10.7. The average Bonchev–Trinajstić information content (AvgIpc) is 2.13. The van der Waals surface area contributed by atoms with Crippen molar-refractivity contribution in [2.75, 3.05) is 32.7 Å². The van der Waals surface area contributed by atoms with E-state index in [-0.39, 0.29) is 29.9 Å². The summed E-state index contributed by atoms with van der Waals surface area (Å²) in [6.45, 7) is 13.5. The molecule has 14 heavy (non-hydrogen) atoms. The van der Waals surface area contributed by atoms with Crippen molar-refractivity contribution in [3.8, 4) is 0 Å². The summed E-state index contributed by atoms with van der Waals surface area (Å²) in [6, 6.07) is 0. The molecule has 0 bridgehead atoms. The van der Waals surface area contributed by atoms with Crippen molar-refractivity contribution in [3.63, 3.8) is 0 Å². The van der Waals surface area contributed by atoms with Crippen molar-refractivity contribution >= 4 is 5.91 Å². The summed E-state index contributed by atoms with van der Waals surface area (Å²) in [4.78, 5) is 10.7. The Labute approximate surface area is 105 Å². The molecule has 0 aromatic carbocycles. The van der Waals surface area contributed by atoms with E-state index in [4.69, 9.17) is 0 Å². The second-order valence-electron chi connectivity index (χ2n) is 3.50. The fraction of sp³-hybridized carbons (Fsp3) is 0.900. The lowest BCUT2D eigenvalue weighted by Gasteiger charge is -2.35. The summed E-state index contributed by atoms with van der Waals surface area (Å²) >= 11 is 0. The van der Waals surface area contributed by atoms with Crippen molar-refractivity contribution in [2.45, 2.75) is 27.7 Å². The topological polar surface area (TPSA) is 29.1 Å². The van der Waals surface area contributed by atoms with Crippen LogP contribution in [0.3, 0.4) is 0 Å². The Morgan fingerprint density at radius 2 is 1.57 bits per heavy atom. The summed E-state index contributed by atoms with van der Waals surface area (Å²) in [6.07, 6.45) is 0. The number of amides is 1. The molecule has 1 N–H and O–H groups in total. The number of hydrogen-bond donors (Lipinski definition) is 1. The Bertz CT molecular complexity index is 150. The Balaban J connectivity index is 0. The molecule has 0 saturated heterocycles. The van der Waals surface area contributed by atoms with Crippen molar-refractivity contribution in [1.82, 2.24) is 5.32 Å². The number of carbonyl (C=O) groups excluding carboxylic acids is 1. The fourth-order valence-electron chi connectivity index (χ4n) is 1.61. The van der Waals surface area contributed by atoms with Gasteiger partial charge in [0, 0.05) is 6.92 Å². The fourth-order valence-corrected chi connectivity index (χ4v) is 1.61. The number of nitrogens with zero attached hydrogens (tertiary/aromatic N) is 1. The van der Waals surface area contributed by atoms with Crippen molar-refractivity contribution in [1.29, 1.82) is 0 Å². The standard InChI is InChI=1S/C10H22N2O.HI/c1-5-12(6-2,7-3)9-8-11-10(4)13;/h5-9H2,1-4H3;1H. The van der Waals surface area contributed by atoms with E-state index in [0.717, 1.165) is 37.2 Å². The smallest absolute Gasteiger partial charge is 0.217 e. The second-order valence-corrected chi connectivity index (χ2v) is 3.50. The third-order valence-corrected chi connectivity index (χ3v) is 2.97. The molecule has 0 aromatic heterocycles. The van der Waals surface area contributed by atoms with Gasteiger partial charge in [-0.05, 0) is 20.8 Å². The van der Waals surface area contributed by atoms with Crippen molar-refractivity contribution in [3.05, 3.63) is 0 Å². The number of carbonyl (C=O) groups is 1. The number of hydrogen-bond acceptors (Lipinski definition) is 1. The van der Waals surface area contributed by atoms with Gasteiger partial charge < -0.3 is 33.8 Å². The molecule has 86 valence electrons. The van der Waals surface area contributed by atoms with Crippen LogP contribution in [0, 0.1) is 0 Å². The molecule has 0 aliphatic heterocycles. The molecule has 0 aromatic rings. The minimum Gasteiger partial charge on any atom is -1.00 e. The quantitative estimate of drug-likeness (QED) is 0.446. The van der Waals surface area contributed by atoms with E-state index in [1.807, 2.05) is 0 Å². The van der Waals surface area contributed by atoms with Gasteiger partial charge in [0.2, 0.25) is 5.91 Å². The predicted octanol–water partition coefficient (Wildman–Crippen LogP) is -2.00. The van der Waals surface area contributed by atoms with Gasteiger partial charge in [0.25, 0.3) is 0 Å². The molecular weight excluding hydrogens is 291 g/mol. The van der Waals surface area contributed by atoms with Gasteiger partial charge in [-0.3, -0.25) is 4.79 Å². The van der Waals surface area contributed by atoms with Gasteiger partial charge in [-0.2, -0.15) is 0 Å². The molecule has 0 saturated carbocycles. The zero-order chi connectivity index (χ0) is 10.3. The van der Waals surface area contributed by atoms with E-state index < -0.39 is 0 Å². The summed E-state index contributed by atoms with van der Waals surface area (Å²) in [5.74, 6) is 0.0707. The molecule has 0 fully saturated rings. The first kappa shape index (κ1) is 16.6. The summed E-state index contributed by atoms with van der Waals surface area (Å²) in [5, 5.41) is 2.85. The van der Waals surface area contributed by atoms with Crippen LogP contribution in [0.4, 0.5) is 0 Å². The van der Waals surface area contributed by atoms with E-state index in [9.17, 15) is 4.79 Å². The molecule has 0 radical (unpaired) electrons. The zero-order valence-corrected chi connectivity index (χ0v) is 11.9. The number of halogens is 1. The summed E-state index contributed by atoms with van der Waals surface area (Å²) in [7, 11) is 0. The summed E-state index contributed by atoms with van der Waals surface area (Å²) < 4.78 is 1.10. The molecule has 0 rings (SSSR count). The third kappa shape index (κ3) is 5.80. The molecule has 0 aliphatic carbocycles. The average molecular weight is 314 g/mol. The molecule has 0 spiro atoms. The Hall–Kier alpha value is 0.160. The van der Waals surface area contributed by atoms with Gasteiger partial charge in [-0.15, -0.1) is 0 Å². The predicted molar refractivity (Wildman–Crippen MR) is 55.4 cm³/mol. The number of quaternary nitrogens is 1. The van der Waals surface area contributed by atoms with Crippen LogP contribution in [-0.2, 0) is 4.79 Å². The Morgan fingerprint density at radius 1 is 1.14 bits per heavy atom. The molecule has 0 unspecified atom stereocenters. The second kappa shape index (κ2) is 8.47. The normalized spacial score (nSPS) is 10.6. The monoisotopic (exact) mass is 314 g/mol. The molecule has 1 amide bonds. The van der Waals surface area contributed by atoms with Gasteiger partial charge in [0.15, 0.2) is 0 Å². The molecule has 3 nitrogen and oxygen atoms in total. The maximum Gasteiger partial charge on any atom is 0.217 e. The van der Waals surface area contributed by atoms with Crippen LogP contribution < -0.4 is 29.3 Å². The van der Waals surface area contributed by atoms with E-state index >= 15 is 0 Å². The highest BCUT2D eigenvalue weighted by Gasteiger charge is 2.19. The minimum atomic E-state index is 0. The van der Waals surface area contributed by atoms with Gasteiger partial charge in [-0.1, -0.05) is 0 Å². The van der Waals surface area contributed by atoms with Crippen LogP contribution in [-0.4, -0.2) is 43.1 Å². The van der Waals surface area contributed by atoms with Crippen LogP contribution in [0.5, 0.6) is 0 Å². The lowest BCUT2D eigenvalue weighted by Crippen LogP contribution is -3.00. The molecule has 0 atom stereocenters. The highest BCUT2D eigenvalue weighted by molar-refractivity contribution is 5.72. The number of rotatable bonds is 6. The number of likely N-dealkylation sites (N-methyl/N-ethyl adjacent to an activating group) is 1. The van der Waals surface area contributed by atoms with Crippen molar-refractivity contribution < 1.29 is 33.3 Å². The highest BCUT2D eigenvalue weighted by atomic mass is 127. The Morgan fingerprint density at radius 3 is 1.86 bits per heavy atom. The van der Waals surface area contributed by atoms with E-state index in [2.05, 4.69) is 26.1 Å². The number of nitrogens with one attached hydrogen (secondary N) is 1. The Kier molecular flexibility index (Phi) is 10.0. The van der Waals surface area contributed by atoms with Crippen molar-refractivity contribution in [2.24, 2.45) is 0 Å². The van der Waals surface area contributed by atoms with E-state index in [1.165, 1.54) is 0 Å². The lowest BCUT2D eigenvalue weighted by molar-refractivity contribution is -0.922. The van der Waals surface area contributed by atoms with Crippen LogP contribution in [0.15, 0.2) is 0 Å². The van der Waals surface area contributed by atoms with Crippen LogP contribution >= 0.6 is 0 Å². The van der Waals surface area contributed by atoms with Crippen LogP contribution in [0.1, 0.15) is 27.7 Å². The molecule has 0 aliphatic rings. The van der Waals surface area contributed by atoms with Crippen LogP contribution in [0.2, 0.25) is 0 Å². The minimum absolute atomic E-state index is 0. The van der Waals surface area contributed by atoms with Crippen LogP contribution in [0.25, 0.3) is 0 Å². The SMILES string of the molecule is CC[N+](CC)(CC)CCNC(C)=O.[I-]. The zero-order valence-electron chi connectivity index (χ0n) is 9.77. The molecular formula is C10H23IN2O. The van der Waals surface area contributed by atoms with E-state index in [1.54, 1.807) is 6.92 Å².